The van der Waals surface area contributed by atoms with E-state index in [-0.39, 0.29) is 24.1 Å². The van der Waals surface area contributed by atoms with Crippen LogP contribution in [0.3, 0.4) is 0 Å². The van der Waals surface area contributed by atoms with Crippen LogP contribution in [0.5, 0.6) is 5.75 Å². The summed E-state index contributed by atoms with van der Waals surface area (Å²) in [4.78, 5) is 20.1. The number of amides is 1. The maximum Gasteiger partial charge on any atom is 0.250 e. The number of methoxy groups -OCH3 is 1. The molecule has 0 unspecified atom stereocenters. The molecular weight excluding hydrogens is 441 g/mol. The summed E-state index contributed by atoms with van der Waals surface area (Å²) in [6.45, 7) is 9.64. The van der Waals surface area contributed by atoms with Crippen molar-refractivity contribution in [2.45, 2.75) is 20.3 Å². The number of fused-ring (bicyclic) bond motifs is 1. The second-order valence-electron chi connectivity index (χ2n) is 8.37. The lowest BCUT2D eigenvalue weighted by atomic mass is 10.0. The third-order valence-electron chi connectivity index (χ3n) is 6.67. The minimum atomic E-state index is -0.248. The van der Waals surface area contributed by atoms with Gasteiger partial charge in [0.25, 0.3) is 5.91 Å². The molecule has 1 saturated heterocycles. The molecule has 0 bridgehead atoms. The summed E-state index contributed by atoms with van der Waals surface area (Å²) in [6.07, 6.45) is 0.587. The Morgan fingerprint density at radius 1 is 1.03 bits per heavy atom. The van der Waals surface area contributed by atoms with Crippen molar-refractivity contribution in [3.63, 3.8) is 0 Å². The summed E-state index contributed by atoms with van der Waals surface area (Å²) in [5.74, 6) is 0.688. The highest BCUT2D eigenvalue weighted by atomic mass is 35.5. The molecule has 2 aromatic carbocycles. The molecule has 0 N–H and O–H groups in total. The van der Waals surface area contributed by atoms with Gasteiger partial charge in [0.15, 0.2) is 0 Å². The van der Waals surface area contributed by atoms with Gasteiger partial charge in [0.2, 0.25) is 0 Å². The van der Waals surface area contributed by atoms with E-state index in [1.165, 1.54) is 6.07 Å². The first kappa shape index (κ1) is 25.1. The van der Waals surface area contributed by atoms with E-state index in [9.17, 15) is 9.18 Å². The fourth-order valence-electron chi connectivity index (χ4n) is 4.65. The molecule has 178 valence electrons. The van der Waals surface area contributed by atoms with E-state index >= 15 is 0 Å². The Morgan fingerprint density at radius 2 is 1.70 bits per heavy atom. The molecule has 2 aromatic rings. The highest BCUT2D eigenvalue weighted by Crippen LogP contribution is 2.35. The number of hydrogen-bond acceptors (Lipinski definition) is 4. The number of nitrogens with zero attached hydrogens (tertiary/aromatic N) is 3. The topological polar surface area (TPSA) is 36.0 Å². The van der Waals surface area contributed by atoms with Gasteiger partial charge < -0.3 is 14.5 Å². The molecule has 2 aliphatic rings. The van der Waals surface area contributed by atoms with Gasteiger partial charge in [-0.3, -0.25) is 9.69 Å². The van der Waals surface area contributed by atoms with Crippen molar-refractivity contribution in [1.82, 2.24) is 9.80 Å². The van der Waals surface area contributed by atoms with E-state index < -0.39 is 0 Å². The monoisotopic (exact) mass is 473 g/mol. The van der Waals surface area contributed by atoms with Gasteiger partial charge in [-0.05, 0) is 66.2 Å². The Bertz CT molecular complexity index is 997. The van der Waals surface area contributed by atoms with Crippen molar-refractivity contribution in [3.8, 4) is 5.75 Å². The molecular formula is C26H33ClFN3O2. The number of halogens is 2. The number of likely N-dealkylation sites (N-methyl/N-ethyl adjacent to an activating group) is 1. The zero-order valence-electron chi connectivity index (χ0n) is 19.6. The third-order valence-corrected chi connectivity index (χ3v) is 6.67. The molecule has 0 radical (unpaired) electrons. The highest BCUT2D eigenvalue weighted by molar-refractivity contribution is 6.04. The summed E-state index contributed by atoms with van der Waals surface area (Å²) in [6, 6.07) is 13.0. The fraction of sp³-hybridized carbons (Fsp3) is 0.423. The number of rotatable bonds is 7. The largest absolute Gasteiger partial charge is 0.497 e. The zero-order chi connectivity index (χ0) is 22.7. The van der Waals surface area contributed by atoms with E-state index in [0.29, 0.717) is 26.1 Å². The van der Waals surface area contributed by atoms with Gasteiger partial charge >= 0.3 is 0 Å². The van der Waals surface area contributed by atoms with Crippen molar-refractivity contribution in [2.75, 3.05) is 57.8 Å². The molecule has 7 heteroatoms. The highest BCUT2D eigenvalue weighted by Gasteiger charge is 2.31. The Morgan fingerprint density at radius 3 is 2.30 bits per heavy atom. The first-order valence-electron chi connectivity index (χ1n) is 11.5. The lowest BCUT2D eigenvalue weighted by Crippen LogP contribution is -2.49. The molecule has 1 aliphatic heterocycles. The van der Waals surface area contributed by atoms with Crippen LogP contribution >= 0.6 is 12.4 Å². The maximum atomic E-state index is 14.0. The lowest BCUT2D eigenvalue weighted by molar-refractivity contribution is -0.127. The van der Waals surface area contributed by atoms with Crippen molar-refractivity contribution in [3.05, 3.63) is 65.0 Å². The summed E-state index contributed by atoms with van der Waals surface area (Å²) in [5, 5.41) is 0. The summed E-state index contributed by atoms with van der Waals surface area (Å²) in [7, 11) is 1.66. The van der Waals surface area contributed by atoms with Crippen LogP contribution in [0.25, 0.3) is 5.57 Å². The van der Waals surface area contributed by atoms with E-state index in [2.05, 4.69) is 35.8 Å². The van der Waals surface area contributed by atoms with E-state index in [1.54, 1.807) is 13.2 Å². The Labute approximate surface area is 202 Å². The average molecular weight is 474 g/mol. The first-order chi connectivity index (χ1) is 15.5. The molecule has 1 amide bonds. The standard InChI is InChI=1S/C26H32FN3O2.ClH/c1-4-28(5-2)18-25-23-17-20(27)7-6-19(23)16-24(25)26(31)30-14-12-29(13-15-30)21-8-10-22(32-3)11-9-21;/h6-11,17H,4-5,12-16,18H2,1-3H3;1H. The molecule has 4 rings (SSSR count). The Hall–Kier alpha value is -2.57. The molecule has 1 fully saturated rings. The SMILES string of the molecule is CCN(CC)CC1=C(C(=O)N2CCN(c3ccc(OC)cc3)CC2)Cc2ccc(F)cc21.Cl. The molecule has 0 spiro atoms. The summed E-state index contributed by atoms with van der Waals surface area (Å²) < 4.78 is 19.3. The molecule has 1 heterocycles. The number of hydrogen-bond donors (Lipinski definition) is 0. The number of carbonyl (C=O) groups is 1. The summed E-state index contributed by atoms with van der Waals surface area (Å²) >= 11 is 0. The van der Waals surface area contributed by atoms with Crippen LogP contribution in [0.1, 0.15) is 25.0 Å². The normalized spacial score (nSPS) is 15.5. The molecule has 5 nitrogen and oxygen atoms in total. The van der Waals surface area contributed by atoms with E-state index in [4.69, 9.17) is 4.74 Å². The van der Waals surface area contributed by atoms with Crippen molar-refractivity contribution >= 4 is 29.6 Å². The molecule has 0 aromatic heterocycles. The molecule has 0 atom stereocenters. The van der Waals surface area contributed by atoms with Crippen LogP contribution in [-0.2, 0) is 11.2 Å². The van der Waals surface area contributed by atoms with E-state index in [0.717, 1.165) is 59.9 Å². The summed E-state index contributed by atoms with van der Waals surface area (Å²) in [5.41, 5.74) is 4.91. The van der Waals surface area contributed by atoms with Crippen molar-refractivity contribution in [2.24, 2.45) is 0 Å². The van der Waals surface area contributed by atoms with Gasteiger partial charge in [0, 0.05) is 50.4 Å². The van der Waals surface area contributed by atoms with Gasteiger partial charge in [0.1, 0.15) is 11.6 Å². The second kappa shape index (κ2) is 11.0. The van der Waals surface area contributed by atoms with E-state index in [1.807, 2.05) is 23.1 Å². The third kappa shape index (κ3) is 5.33. The zero-order valence-corrected chi connectivity index (χ0v) is 20.5. The van der Waals surface area contributed by atoms with Crippen molar-refractivity contribution in [1.29, 1.82) is 0 Å². The number of piperazine rings is 1. The molecule has 33 heavy (non-hydrogen) atoms. The molecule has 0 saturated carbocycles. The van der Waals surface area contributed by atoms with Gasteiger partial charge in [0.05, 0.1) is 7.11 Å². The van der Waals surface area contributed by atoms with Crippen LogP contribution < -0.4 is 9.64 Å². The lowest BCUT2D eigenvalue weighted by Gasteiger charge is -2.36. The first-order valence-corrected chi connectivity index (χ1v) is 11.5. The van der Waals surface area contributed by atoms with Gasteiger partial charge in [-0.25, -0.2) is 4.39 Å². The van der Waals surface area contributed by atoms with Crippen LogP contribution in [0.15, 0.2) is 48.0 Å². The average Bonchev–Trinajstić information content (AvgIpc) is 3.19. The van der Waals surface area contributed by atoms with Crippen LogP contribution in [0, 0.1) is 5.82 Å². The quantitative estimate of drug-likeness (QED) is 0.602. The maximum absolute atomic E-state index is 14.0. The second-order valence-corrected chi connectivity index (χ2v) is 8.37. The van der Waals surface area contributed by atoms with Gasteiger partial charge in [-0.1, -0.05) is 19.9 Å². The smallest absolute Gasteiger partial charge is 0.250 e. The van der Waals surface area contributed by atoms with Gasteiger partial charge in [-0.15, -0.1) is 12.4 Å². The minimum absolute atomic E-state index is 0. The fourth-order valence-corrected chi connectivity index (χ4v) is 4.65. The predicted octanol–water partition coefficient (Wildman–Crippen LogP) is 4.26. The van der Waals surface area contributed by atoms with Gasteiger partial charge in [-0.2, -0.15) is 0 Å². The predicted molar refractivity (Wildman–Crippen MR) is 134 cm³/mol. The van der Waals surface area contributed by atoms with Crippen LogP contribution in [-0.4, -0.2) is 68.6 Å². The number of ether oxygens (including phenoxy) is 1. The van der Waals surface area contributed by atoms with Crippen LogP contribution in [0.4, 0.5) is 10.1 Å². The molecule has 1 aliphatic carbocycles. The number of anilines is 1. The Balaban J connectivity index is 0.00000306. The number of carbonyl (C=O) groups excluding carboxylic acids is 1. The Kier molecular flexibility index (Phi) is 8.38. The van der Waals surface area contributed by atoms with Crippen LogP contribution in [0.2, 0.25) is 0 Å². The minimum Gasteiger partial charge on any atom is -0.497 e. The number of benzene rings is 2. The van der Waals surface area contributed by atoms with Crippen molar-refractivity contribution < 1.29 is 13.9 Å².